The van der Waals surface area contributed by atoms with Crippen molar-refractivity contribution in [3.8, 4) is 16.2 Å². The van der Waals surface area contributed by atoms with Crippen LogP contribution in [0, 0.1) is 0 Å². The third-order valence-corrected chi connectivity index (χ3v) is 6.41. The Hall–Kier alpha value is -2.83. The average molecular weight is 409 g/mol. The zero-order valence-corrected chi connectivity index (χ0v) is 17.0. The zero-order valence-electron chi connectivity index (χ0n) is 15.4. The molecule has 6 heteroatoms. The van der Waals surface area contributed by atoms with Gasteiger partial charge in [-0.25, -0.2) is 0 Å². The molecule has 3 aromatic heterocycles. The first-order valence-corrected chi connectivity index (χ1v) is 10.7. The zero-order chi connectivity index (χ0) is 19.3. The molecule has 0 saturated heterocycles. The van der Waals surface area contributed by atoms with Crippen LogP contribution < -0.4 is 10.1 Å². The second-order valence-corrected chi connectivity index (χ2v) is 8.18. The van der Waals surface area contributed by atoms with Crippen LogP contribution in [-0.2, 0) is 11.2 Å². The number of aromatic nitrogens is 1. The number of rotatable bonds is 7. The summed E-state index contributed by atoms with van der Waals surface area (Å²) < 4.78 is 5.36. The van der Waals surface area contributed by atoms with Crippen LogP contribution in [-0.4, -0.2) is 24.5 Å². The maximum atomic E-state index is 12.2. The molecule has 0 fully saturated rings. The van der Waals surface area contributed by atoms with Gasteiger partial charge in [0.2, 0.25) is 5.91 Å². The van der Waals surface area contributed by atoms with Gasteiger partial charge in [0.1, 0.15) is 5.75 Å². The van der Waals surface area contributed by atoms with E-state index in [1.54, 1.807) is 35.9 Å². The Bertz CT molecular complexity index is 1110. The van der Waals surface area contributed by atoms with Gasteiger partial charge in [0, 0.05) is 45.1 Å². The Labute approximate surface area is 171 Å². The number of carbonyl (C=O) groups excluding carboxylic acids is 1. The molecule has 4 aromatic rings. The summed E-state index contributed by atoms with van der Waals surface area (Å²) in [4.78, 5) is 18.0. The number of H-pyrrole nitrogens is 1. The lowest BCUT2D eigenvalue weighted by Gasteiger charge is -2.03. The van der Waals surface area contributed by atoms with Crippen LogP contribution in [0.3, 0.4) is 0 Å². The Kier molecular flexibility index (Phi) is 5.60. The number of thiophene rings is 2. The molecule has 2 N–H and O–H groups in total. The first kappa shape index (κ1) is 18.5. The van der Waals surface area contributed by atoms with E-state index in [1.165, 1.54) is 15.3 Å². The van der Waals surface area contributed by atoms with Crippen molar-refractivity contribution in [1.29, 1.82) is 0 Å². The summed E-state index contributed by atoms with van der Waals surface area (Å²) in [7, 11) is 1.65. The van der Waals surface area contributed by atoms with Crippen LogP contribution in [0.4, 0.5) is 0 Å². The smallest absolute Gasteiger partial charge is 0.244 e. The number of benzene rings is 1. The van der Waals surface area contributed by atoms with E-state index < -0.39 is 0 Å². The number of nitrogens with one attached hydrogen (secondary N) is 2. The van der Waals surface area contributed by atoms with Crippen molar-refractivity contribution >= 4 is 45.6 Å². The van der Waals surface area contributed by atoms with E-state index in [0.29, 0.717) is 6.54 Å². The minimum Gasteiger partial charge on any atom is -0.495 e. The van der Waals surface area contributed by atoms with Crippen LogP contribution in [0.2, 0.25) is 0 Å². The fraction of sp³-hybridized carbons (Fsp3) is 0.136. The van der Waals surface area contributed by atoms with Crippen molar-refractivity contribution in [2.24, 2.45) is 0 Å². The molecule has 0 atom stereocenters. The number of hydrogen-bond donors (Lipinski definition) is 2. The van der Waals surface area contributed by atoms with E-state index in [0.717, 1.165) is 28.6 Å². The predicted octanol–water partition coefficient (Wildman–Crippen LogP) is 5.34. The first-order chi connectivity index (χ1) is 13.8. The van der Waals surface area contributed by atoms with Gasteiger partial charge in [0.05, 0.1) is 12.6 Å². The van der Waals surface area contributed by atoms with Gasteiger partial charge in [-0.2, -0.15) is 0 Å². The third kappa shape index (κ3) is 3.88. The van der Waals surface area contributed by atoms with Gasteiger partial charge >= 0.3 is 0 Å². The summed E-state index contributed by atoms with van der Waals surface area (Å²) in [6.45, 7) is 0.615. The SMILES string of the molecule is COc1cccc2c(/C=C/C(=O)NCCc3sccc3-c3cccs3)c[nH]c12. The van der Waals surface area contributed by atoms with Gasteiger partial charge in [-0.05, 0) is 41.5 Å². The summed E-state index contributed by atoms with van der Waals surface area (Å²) in [5.74, 6) is 0.700. The maximum Gasteiger partial charge on any atom is 0.244 e. The van der Waals surface area contributed by atoms with Crippen molar-refractivity contribution in [3.63, 3.8) is 0 Å². The molecule has 0 bridgehead atoms. The lowest BCUT2D eigenvalue weighted by molar-refractivity contribution is -0.116. The first-order valence-electron chi connectivity index (χ1n) is 8.96. The van der Waals surface area contributed by atoms with Crippen molar-refractivity contribution in [2.45, 2.75) is 6.42 Å². The van der Waals surface area contributed by atoms with Gasteiger partial charge < -0.3 is 15.0 Å². The third-order valence-electron chi connectivity index (χ3n) is 4.53. The molecule has 0 spiro atoms. The number of hydrogen-bond acceptors (Lipinski definition) is 4. The summed E-state index contributed by atoms with van der Waals surface area (Å²) in [6.07, 6.45) is 6.12. The van der Waals surface area contributed by atoms with Crippen molar-refractivity contribution in [1.82, 2.24) is 10.3 Å². The largest absolute Gasteiger partial charge is 0.495 e. The van der Waals surface area contributed by atoms with Crippen LogP contribution in [0.1, 0.15) is 10.4 Å². The van der Waals surface area contributed by atoms with E-state index in [-0.39, 0.29) is 5.91 Å². The van der Waals surface area contributed by atoms with Crippen molar-refractivity contribution in [3.05, 3.63) is 69.9 Å². The van der Waals surface area contributed by atoms with E-state index >= 15 is 0 Å². The molecule has 4 rings (SSSR count). The van der Waals surface area contributed by atoms with Crippen molar-refractivity contribution in [2.75, 3.05) is 13.7 Å². The Balaban J connectivity index is 1.36. The molecule has 0 aliphatic heterocycles. The number of fused-ring (bicyclic) bond motifs is 1. The highest BCUT2D eigenvalue weighted by molar-refractivity contribution is 7.14. The van der Waals surface area contributed by atoms with E-state index in [2.05, 4.69) is 39.3 Å². The molecule has 0 aliphatic carbocycles. The molecule has 0 radical (unpaired) electrons. The minimum atomic E-state index is -0.0912. The van der Waals surface area contributed by atoms with Crippen LogP contribution in [0.15, 0.2) is 59.4 Å². The summed E-state index contributed by atoms with van der Waals surface area (Å²) in [5, 5.41) is 8.20. The Morgan fingerprint density at radius 2 is 2.11 bits per heavy atom. The van der Waals surface area contributed by atoms with Gasteiger partial charge in [0.15, 0.2) is 0 Å². The molecule has 28 heavy (non-hydrogen) atoms. The van der Waals surface area contributed by atoms with Crippen LogP contribution in [0.5, 0.6) is 5.75 Å². The second-order valence-electron chi connectivity index (χ2n) is 6.24. The van der Waals surface area contributed by atoms with Gasteiger partial charge in [-0.1, -0.05) is 18.2 Å². The quantitative estimate of drug-likeness (QED) is 0.406. The second kappa shape index (κ2) is 8.46. The standard InChI is InChI=1S/C22H20N2O2S2/c1-26-18-5-2-4-16-15(14-24-22(16)18)7-8-21(25)23-11-9-20-17(10-13-28-20)19-6-3-12-27-19/h2-8,10,12-14,24H,9,11H2,1H3,(H,23,25)/b8-7+. The number of para-hydroxylation sites is 1. The van der Waals surface area contributed by atoms with Crippen molar-refractivity contribution < 1.29 is 9.53 Å². The molecular weight excluding hydrogens is 388 g/mol. The summed E-state index contributed by atoms with van der Waals surface area (Å²) in [5.41, 5.74) is 3.17. The molecule has 3 heterocycles. The number of ether oxygens (including phenoxy) is 1. The van der Waals surface area contributed by atoms with E-state index in [1.807, 2.05) is 30.5 Å². The fourth-order valence-electron chi connectivity index (χ4n) is 3.17. The number of carbonyl (C=O) groups is 1. The average Bonchev–Trinajstić information content (AvgIpc) is 3.46. The lowest BCUT2D eigenvalue weighted by atomic mass is 10.1. The highest BCUT2D eigenvalue weighted by Gasteiger charge is 2.08. The Morgan fingerprint density at radius 1 is 1.18 bits per heavy atom. The molecular formula is C22H20N2O2S2. The number of methoxy groups -OCH3 is 1. The van der Waals surface area contributed by atoms with Gasteiger partial charge in [0.25, 0.3) is 0 Å². The van der Waals surface area contributed by atoms with Gasteiger partial charge in [-0.3, -0.25) is 4.79 Å². The molecule has 0 saturated carbocycles. The maximum absolute atomic E-state index is 12.2. The normalized spacial score (nSPS) is 11.3. The molecule has 0 unspecified atom stereocenters. The van der Waals surface area contributed by atoms with E-state index in [9.17, 15) is 4.79 Å². The van der Waals surface area contributed by atoms with Crippen LogP contribution >= 0.6 is 22.7 Å². The molecule has 142 valence electrons. The molecule has 1 amide bonds. The lowest BCUT2D eigenvalue weighted by Crippen LogP contribution is -2.23. The number of aromatic amines is 1. The summed E-state index contributed by atoms with van der Waals surface area (Å²) in [6, 6.07) is 12.2. The molecule has 0 aliphatic rings. The minimum absolute atomic E-state index is 0.0912. The molecule has 4 nitrogen and oxygen atoms in total. The predicted molar refractivity (Wildman–Crippen MR) is 118 cm³/mol. The Morgan fingerprint density at radius 3 is 2.93 bits per heavy atom. The fourth-order valence-corrected chi connectivity index (χ4v) is 4.90. The number of amides is 1. The topological polar surface area (TPSA) is 54.1 Å². The monoisotopic (exact) mass is 408 g/mol. The van der Waals surface area contributed by atoms with E-state index in [4.69, 9.17) is 4.74 Å². The summed E-state index contributed by atoms with van der Waals surface area (Å²) >= 11 is 3.48. The highest BCUT2D eigenvalue weighted by atomic mass is 32.1. The highest BCUT2D eigenvalue weighted by Crippen LogP contribution is 2.32. The van der Waals surface area contributed by atoms with Crippen LogP contribution in [0.25, 0.3) is 27.4 Å². The van der Waals surface area contributed by atoms with Gasteiger partial charge in [-0.15, -0.1) is 22.7 Å². The molecule has 1 aromatic carbocycles.